The van der Waals surface area contributed by atoms with Crippen LogP contribution in [0.5, 0.6) is 0 Å². The van der Waals surface area contributed by atoms with Gasteiger partial charge in [-0.15, -0.1) is 0 Å². The fraction of sp³-hybridized carbons (Fsp3) is 0.375. The second-order valence-electron chi connectivity index (χ2n) is 5.64. The number of rotatable bonds is 1. The van der Waals surface area contributed by atoms with Crippen molar-refractivity contribution >= 4 is 28.4 Å². The van der Waals surface area contributed by atoms with Gasteiger partial charge in [-0.25, -0.2) is 0 Å². The zero-order chi connectivity index (χ0) is 15.0. The maximum absolute atomic E-state index is 12.9. The number of likely N-dealkylation sites (N-methyl/N-ethyl adjacent to an activating group) is 1. The summed E-state index contributed by atoms with van der Waals surface area (Å²) in [5, 5.41) is 1.47. The predicted octanol–water partition coefficient (Wildman–Crippen LogP) is 2.66. The molecule has 1 aliphatic heterocycles. The summed E-state index contributed by atoms with van der Waals surface area (Å²) in [7, 11) is 2.08. The summed E-state index contributed by atoms with van der Waals surface area (Å²) in [6.07, 6.45) is 1.71. The number of nitrogens with zero attached hydrogens (tertiary/aromatic N) is 3. The van der Waals surface area contributed by atoms with Crippen LogP contribution < -0.4 is 0 Å². The van der Waals surface area contributed by atoms with Crippen LogP contribution in [-0.2, 0) is 0 Å². The SMILES string of the molecule is C[C@@H]1CN(C)CCN1C(=O)c1cc(Cl)cc2cccnc12. The summed E-state index contributed by atoms with van der Waals surface area (Å²) in [6.45, 7) is 4.59. The molecule has 110 valence electrons. The lowest BCUT2D eigenvalue weighted by Gasteiger charge is -2.38. The van der Waals surface area contributed by atoms with E-state index in [1.54, 1.807) is 12.3 Å². The molecule has 4 nitrogen and oxygen atoms in total. The number of aromatic nitrogens is 1. The molecule has 1 atom stereocenters. The number of halogens is 1. The quantitative estimate of drug-likeness (QED) is 0.812. The Labute approximate surface area is 129 Å². The normalized spacial score (nSPS) is 20.0. The Balaban J connectivity index is 2.02. The van der Waals surface area contributed by atoms with Crippen molar-refractivity contribution in [2.75, 3.05) is 26.7 Å². The van der Waals surface area contributed by atoms with Crippen LogP contribution in [0, 0.1) is 0 Å². The van der Waals surface area contributed by atoms with E-state index in [0.717, 1.165) is 30.5 Å². The number of hydrogen-bond donors (Lipinski definition) is 0. The molecule has 0 saturated carbocycles. The Bertz CT molecular complexity index is 688. The zero-order valence-electron chi connectivity index (χ0n) is 12.2. The molecule has 3 rings (SSSR count). The van der Waals surface area contributed by atoms with Gasteiger partial charge in [-0.2, -0.15) is 0 Å². The van der Waals surface area contributed by atoms with Crippen LogP contribution in [0.3, 0.4) is 0 Å². The Morgan fingerprint density at radius 3 is 2.95 bits per heavy atom. The van der Waals surface area contributed by atoms with Gasteiger partial charge in [0.25, 0.3) is 5.91 Å². The van der Waals surface area contributed by atoms with Crippen LogP contribution >= 0.6 is 11.6 Å². The summed E-state index contributed by atoms with van der Waals surface area (Å²) in [6, 6.07) is 7.54. The molecule has 5 heteroatoms. The standard InChI is InChI=1S/C16H18ClN3O/c1-11-10-19(2)6-7-20(11)16(21)14-9-13(17)8-12-4-3-5-18-15(12)14/h3-5,8-9,11H,6-7,10H2,1-2H3/t11-/m1/s1. The van der Waals surface area contributed by atoms with Crippen molar-refractivity contribution in [2.24, 2.45) is 0 Å². The molecule has 1 aromatic heterocycles. The van der Waals surface area contributed by atoms with E-state index < -0.39 is 0 Å². The largest absolute Gasteiger partial charge is 0.333 e. The molecular weight excluding hydrogens is 286 g/mol. The summed E-state index contributed by atoms with van der Waals surface area (Å²) in [5.41, 5.74) is 1.31. The maximum Gasteiger partial charge on any atom is 0.256 e. The number of hydrogen-bond acceptors (Lipinski definition) is 3. The fourth-order valence-electron chi connectivity index (χ4n) is 2.91. The molecule has 2 aromatic rings. The van der Waals surface area contributed by atoms with Crippen LogP contribution in [-0.4, -0.2) is 53.4 Å². The molecule has 1 aliphatic rings. The Kier molecular flexibility index (Phi) is 3.83. The van der Waals surface area contributed by atoms with Crippen LogP contribution in [0.25, 0.3) is 10.9 Å². The number of benzene rings is 1. The first-order valence-corrected chi connectivity index (χ1v) is 7.48. The summed E-state index contributed by atoms with van der Waals surface area (Å²) < 4.78 is 0. The van der Waals surface area contributed by atoms with Gasteiger partial charge in [-0.1, -0.05) is 17.7 Å². The van der Waals surface area contributed by atoms with Crippen molar-refractivity contribution < 1.29 is 4.79 Å². The highest BCUT2D eigenvalue weighted by Crippen LogP contribution is 2.24. The molecule has 1 aromatic carbocycles. The van der Waals surface area contributed by atoms with Crippen molar-refractivity contribution in [2.45, 2.75) is 13.0 Å². The summed E-state index contributed by atoms with van der Waals surface area (Å²) in [4.78, 5) is 21.4. The molecule has 0 N–H and O–H groups in total. The molecular formula is C16H18ClN3O. The number of carbonyl (C=O) groups excluding carboxylic acids is 1. The third kappa shape index (κ3) is 2.74. The van der Waals surface area contributed by atoms with Gasteiger partial charge in [0.2, 0.25) is 0 Å². The van der Waals surface area contributed by atoms with Gasteiger partial charge >= 0.3 is 0 Å². The molecule has 0 aliphatic carbocycles. The molecule has 0 radical (unpaired) electrons. The fourth-order valence-corrected chi connectivity index (χ4v) is 3.14. The zero-order valence-corrected chi connectivity index (χ0v) is 13.0. The minimum absolute atomic E-state index is 0.0156. The van der Waals surface area contributed by atoms with E-state index in [1.165, 1.54) is 0 Å². The van der Waals surface area contributed by atoms with E-state index in [1.807, 2.05) is 23.1 Å². The van der Waals surface area contributed by atoms with Crippen molar-refractivity contribution in [3.8, 4) is 0 Å². The van der Waals surface area contributed by atoms with E-state index in [0.29, 0.717) is 10.6 Å². The van der Waals surface area contributed by atoms with Gasteiger partial charge in [-0.05, 0) is 32.2 Å². The number of fused-ring (bicyclic) bond motifs is 1. The van der Waals surface area contributed by atoms with Gasteiger partial charge in [0.05, 0.1) is 11.1 Å². The molecule has 1 saturated heterocycles. The maximum atomic E-state index is 12.9. The van der Waals surface area contributed by atoms with Crippen LogP contribution in [0.2, 0.25) is 5.02 Å². The molecule has 0 spiro atoms. The van der Waals surface area contributed by atoms with E-state index in [9.17, 15) is 4.79 Å². The van der Waals surface area contributed by atoms with Gasteiger partial charge in [-0.3, -0.25) is 9.78 Å². The predicted molar refractivity (Wildman–Crippen MR) is 84.7 cm³/mol. The van der Waals surface area contributed by atoms with E-state index in [-0.39, 0.29) is 11.9 Å². The van der Waals surface area contributed by atoms with Crippen molar-refractivity contribution in [1.82, 2.24) is 14.8 Å². The molecule has 21 heavy (non-hydrogen) atoms. The second-order valence-corrected chi connectivity index (χ2v) is 6.07. The molecule has 0 unspecified atom stereocenters. The summed E-state index contributed by atoms with van der Waals surface area (Å²) >= 11 is 6.16. The third-order valence-corrected chi connectivity index (χ3v) is 4.21. The van der Waals surface area contributed by atoms with Crippen molar-refractivity contribution in [3.63, 3.8) is 0 Å². The average molecular weight is 304 g/mol. The molecule has 1 fully saturated rings. The first kappa shape index (κ1) is 14.3. The minimum Gasteiger partial charge on any atom is -0.333 e. The number of pyridine rings is 1. The number of piperazine rings is 1. The lowest BCUT2D eigenvalue weighted by Crippen LogP contribution is -2.52. The smallest absolute Gasteiger partial charge is 0.256 e. The van der Waals surface area contributed by atoms with Gasteiger partial charge in [0, 0.05) is 42.3 Å². The molecule has 0 bridgehead atoms. The van der Waals surface area contributed by atoms with Gasteiger partial charge < -0.3 is 9.80 Å². The number of amides is 1. The van der Waals surface area contributed by atoms with Gasteiger partial charge in [0.1, 0.15) is 0 Å². The highest BCUT2D eigenvalue weighted by atomic mass is 35.5. The van der Waals surface area contributed by atoms with Crippen molar-refractivity contribution in [1.29, 1.82) is 0 Å². The van der Waals surface area contributed by atoms with Crippen LogP contribution in [0.4, 0.5) is 0 Å². The summed E-state index contributed by atoms with van der Waals surface area (Å²) in [5.74, 6) is 0.0156. The number of carbonyl (C=O) groups is 1. The van der Waals surface area contributed by atoms with Crippen LogP contribution in [0.15, 0.2) is 30.5 Å². The Morgan fingerprint density at radius 2 is 2.19 bits per heavy atom. The monoisotopic (exact) mass is 303 g/mol. The lowest BCUT2D eigenvalue weighted by molar-refractivity contribution is 0.0535. The second kappa shape index (κ2) is 5.62. The lowest BCUT2D eigenvalue weighted by atomic mass is 10.1. The van der Waals surface area contributed by atoms with E-state index in [4.69, 9.17) is 11.6 Å². The highest BCUT2D eigenvalue weighted by molar-refractivity contribution is 6.32. The molecule has 1 amide bonds. The van der Waals surface area contributed by atoms with E-state index >= 15 is 0 Å². The van der Waals surface area contributed by atoms with Crippen molar-refractivity contribution in [3.05, 3.63) is 41.0 Å². The topological polar surface area (TPSA) is 36.4 Å². The Morgan fingerprint density at radius 1 is 1.38 bits per heavy atom. The first-order chi connectivity index (χ1) is 10.1. The third-order valence-electron chi connectivity index (χ3n) is 3.99. The Hall–Kier alpha value is -1.65. The average Bonchev–Trinajstić information content (AvgIpc) is 2.45. The first-order valence-electron chi connectivity index (χ1n) is 7.10. The van der Waals surface area contributed by atoms with Crippen LogP contribution in [0.1, 0.15) is 17.3 Å². The highest BCUT2D eigenvalue weighted by Gasteiger charge is 2.28. The minimum atomic E-state index is 0.0156. The molecule has 2 heterocycles. The van der Waals surface area contributed by atoms with Gasteiger partial charge in [0.15, 0.2) is 0 Å². The van der Waals surface area contributed by atoms with E-state index in [2.05, 4.69) is 23.9 Å².